The molecule has 0 unspecified atom stereocenters. The highest BCUT2D eigenvalue weighted by atomic mass is 79.9. The lowest BCUT2D eigenvalue weighted by Crippen LogP contribution is -2.52. The van der Waals surface area contributed by atoms with Gasteiger partial charge in [0.25, 0.3) is 5.91 Å². The van der Waals surface area contributed by atoms with Gasteiger partial charge in [-0.2, -0.15) is 13.2 Å². The van der Waals surface area contributed by atoms with Crippen LogP contribution in [0.2, 0.25) is 5.02 Å². The summed E-state index contributed by atoms with van der Waals surface area (Å²) < 4.78 is 44.0. The molecule has 1 saturated heterocycles. The van der Waals surface area contributed by atoms with Crippen LogP contribution in [0.1, 0.15) is 10.4 Å². The number of carbonyl (C=O) groups is 2. The van der Waals surface area contributed by atoms with Crippen LogP contribution < -0.4 is 15.0 Å². The monoisotopic (exact) mass is 519 g/mol. The number of rotatable bonds is 4. The minimum atomic E-state index is -4.90. The number of halogens is 5. The van der Waals surface area contributed by atoms with Crippen LogP contribution >= 0.6 is 27.5 Å². The average Bonchev–Trinajstić information content (AvgIpc) is 2.73. The van der Waals surface area contributed by atoms with E-state index in [4.69, 9.17) is 16.3 Å². The van der Waals surface area contributed by atoms with Gasteiger partial charge in [0.05, 0.1) is 24.0 Å². The summed E-state index contributed by atoms with van der Waals surface area (Å²) in [6.07, 6.45) is -4.90. The van der Waals surface area contributed by atoms with Crippen LogP contribution in [-0.2, 0) is 4.79 Å². The van der Waals surface area contributed by atoms with Crippen molar-refractivity contribution in [3.8, 4) is 5.75 Å². The second-order valence-electron chi connectivity index (χ2n) is 6.74. The van der Waals surface area contributed by atoms with E-state index in [1.807, 2.05) is 0 Å². The van der Waals surface area contributed by atoms with Crippen molar-refractivity contribution < 1.29 is 27.5 Å². The first-order chi connectivity index (χ1) is 14.6. The molecule has 0 atom stereocenters. The molecule has 11 heteroatoms. The molecule has 0 spiro atoms. The normalized spacial score (nSPS) is 14.4. The zero-order valence-electron chi connectivity index (χ0n) is 16.3. The summed E-state index contributed by atoms with van der Waals surface area (Å²) in [5.74, 6) is -1.91. The second-order valence-corrected chi connectivity index (χ2v) is 8.09. The maximum absolute atomic E-state index is 12.9. The molecule has 1 N–H and O–H groups in total. The molecular formula is C20H18BrClF3N3O3. The van der Waals surface area contributed by atoms with Crippen LogP contribution in [0.25, 0.3) is 0 Å². The Balaban J connectivity index is 1.80. The van der Waals surface area contributed by atoms with E-state index in [0.29, 0.717) is 32.2 Å². The first-order valence-electron chi connectivity index (χ1n) is 9.15. The summed E-state index contributed by atoms with van der Waals surface area (Å²) in [6.45, 7) is 0.167. The van der Waals surface area contributed by atoms with Gasteiger partial charge in [0.15, 0.2) is 0 Å². The third-order valence-electron chi connectivity index (χ3n) is 4.76. The highest BCUT2D eigenvalue weighted by Gasteiger charge is 2.43. The number of methoxy groups -OCH3 is 1. The molecule has 2 aromatic carbocycles. The molecule has 1 heterocycles. The van der Waals surface area contributed by atoms with Crippen LogP contribution in [0.5, 0.6) is 5.75 Å². The van der Waals surface area contributed by atoms with Gasteiger partial charge in [-0.1, -0.05) is 27.5 Å². The first-order valence-corrected chi connectivity index (χ1v) is 10.3. The minimum absolute atomic E-state index is 0.0895. The molecule has 2 amide bonds. The zero-order valence-corrected chi connectivity index (χ0v) is 18.6. The number of nitrogens with zero attached hydrogens (tertiary/aromatic N) is 2. The van der Waals surface area contributed by atoms with Crippen molar-refractivity contribution in [3.63, 3.8) is 0 Å². The molecule has 2 aromatic rings. The number of piperazine rings is 1. The van der Waals surface area contributed by atoms with Gasteiger partial charge in [-0.05, 0) is 36.4 Å². The molecule has 0 radical (unpaired) electrons. The number of carbonyl (C=O) groups excluding carboxylic acids is 2. The predicted octanol–water partition coefficient (Wildman–Crippen LogP) is 4.57. The van der Waals surface area contributed by atoms with Crippen LogP contribution in [0, 0.1) is 0 Å². The Kier molecular flexibility index (Phi) is 7.00. The van der Waals surface area contributed by atoms with Crippen LogP contribution in [-0.4, -0.2) is 56.2 Å². The van der Waals surface area contributed by atoms with Gasteiger partial charge in [-0.15, -0.1) is 0 Å². The maximum atomic E-state index is 12.9. The number of hydrogen-bond acceptors (Lipinski definition) is 4. The fourth-order valence-corrected chi connectivity index (χ4v) is 3.79. The van der Waals surface area contributed by atoms with Gasteiger partial charge in [0.2, 0.25) is 0 Å². The maximum Gasteiger partial charge on any atom is 0.471 e. The Morgan fingerprint density at radius 2 is 1.77 bits per heavy atom. The van der Waals surface area contributed by atoms with E-state index >= 15 is 0 Å². The highest BCUT2D eigenvalue weighted by molar-refractivity contribution is 9.10. The molecule has 1 fully saturated rings. The Bertz CT molecular complexity index is 995. The third kappa shape index (κ3) is 5.43. The molecule has 6 nitrogen and oxygen atoms in total. The van der Waals surface area contributed by atoms with Gasteiger partial charge in [-0.3, -0.25) is 9.59 Å². The fraction of sp³-hybridized carbons (Fsp3) is 0.300. The summed E-state index contributed by atoms with van der Waals surface area (Å²) in [5.41, 5.74) is 1.28. The molecule has 0 aliphatic carbocycles. The highest BCUT2D eigenvalue weighted by Crippen LogP contribution is 2.32. The molecule has 0 bridgehead atoms. The van der Waals surface area contributed by atoms with E-state index in [9.17, 15) is 22.8 Å². The average molecular weight is 521 g/mol. The van der Waals surface area contributed by atoms with Crippen molar-refractivity contribution in [1.29, 1.82) is 0 Å². The molecule has 0 aromatic heterocycles. The van der Waals surface area contributed by atoms with Crippen molar-refractivity contribution >= 4 is 50.7 Å². The van der Waals surface area contributed by atoms with E-state index in [1.165, 1.54) is 7.11 Å². The Labute approximate surface area is 190 Å². The molecule has 31 heavy (non-hydrogen) atoms. The fourth-order valence-electron chi connectivity index (χ4n) is 3.26. The number of hydrogen-bond donors (Lipinski definition) is 1. The summed E-state index contributed by atoms with van der Waals surface area (Å²) in [4.78, 5) is 26.9. The Morgan fingerprint density at radius 3 is 2.39 bits per heavy atom. The van der Waals surface area contributed by atoms with Gasteiger partial charge in [0.1, 0.15) is 5.75 Å². The number of alkyl halides is 3. The van der Waals surface area contributed by atoms with Crippen molar-refractivity contribution in [2.24, 2.45) is 0 Å². The lowest BCUT2D eigenvalue weighted by molar-refractivity contribution is -0.185. The predicted molar refractivity (Wildman–Crippen MR) is 115 cm³/mol. The smallest absolute Gasteiger partial charge is 0.471 e. The lowest BCUT2D eigenvalue weighted by Gasteiger charge is -2.37. The van der Waals surface area contributed by atoms with Crippen molar-refractivity contribution in [1.82, 2.24) is 4.90 Å². The standard InChI is InChI=1S/C20H18BrClF3N3O3/c1-31-17-5-2-12(21)10-14(17)18(29)26-15-11-13(22)3-4-16(15)27-6-8-28(9-7-27)19(30)20(23,24)25/h2-5,10-11H,6-9H2,1H3,(H,26,29). The number of amides is 2. The molecule has 1 aliphatic heterocycles. The molecular weight excluding hydrogens is 503 g/mol. The van der Waals surface area contributed by atoms with Crippen molar-refractivity contribution in [3.05, 3.63) is 51.5 Å². The Morgan fingerprint density at radius 1 is 1.10 bits per heavy atom. The zero-order chi connectivity index (χ0) is 22.8. The van der Waals surface area contributed by atoms with Crippen LogP contribution in [0.15, 0.2) is 40.9 Å². The van der Waals surface area contributed by atoms with E-state index < -0.39 is 18.0 Å². The van der Waals surface area contributed by atoms with Gasteiger partial charge in [0, 0.05) is 35.7 Å². The number of nitrogens with one attached hydrogen (secondary N) is 1. The Hall–Kier alpha value is -2.46. The van der Waals surface area contributed by atoms with Crippen molar-refractivity contribution in [2.75, 3.05) is 43.5 Å². The van der Waals surface area contributed by atoms with Gasteiger partial charge >= 0.3 is 12.1 Å². The van der Waals surface area contributed by atoms with Gasteiger partial charge < -0.3 is 19.9 Å². The van der Waals surface area contributed by atoms with Crippen LogP contribution in [0.3, 0.4) is 0 Å². The van der Waals surface area contributed by atoms with E-state index in [-0.39, 0.29) is 26.2 Å². The lowest BCUT2D eigenvalue weighted by atomic mass is 10.1. The first kappa shape index (κ1) is 23.2. The number of ether oxygens (including phenoxy) is 1. The van der Waals surface area contributed by atoms with Crippen molar-refractivity contribution in [2.45, 2.75) is 6.18 Å². The summed E-state index contributed by atoms with van der Waals surface area (Å²) in [6, 6.07) is 9.86. The number of anilines is 2. The SMILES string of the molecule is COc1ccc(Br)cc1C(=O)Nc1cc(Cl)ccc1N1CCN(C(=O)C(F)(F)F)CC1. The largest absolute Gasteiger partial charge is 0.496 e. The van der Waals surface area contributed by atoms with Crippen LogP contribution in [0.4, 0.5) is 24.5 Å². The van der Waals surface area contributed by atoms with E-state index in [2.05, 4.69) is 21.2 Å². The summed E-state index contributed by atoms with van der Waals surface area (Å²) in [5, 5.41) is 3.18. The third-order valence-corrected chi connectivity index (χ3v) is 5.49. The number of benzene rings is 2. The summed E-state index contributed by atoms with van der Waals surface area (Å²) >= 11 is 9.43. The molecule has 1 aliphatic rings. The summed E-state index contributed by atoms with van der Waals surface area (Å²) in [7, 11) is 1.45. The van der Waals surface area contributed by atoms with E-state index in [0.717, 1.165) is 4.90 Å². The van der Waals surface area contributed by atoms with E-state index in [1.54, 1.807) is 41.3 Å². The molecule has 166 valence electrons. The molecule has 0 saturated carbocycles. The second kappa shape index (κ2) is 9.35. The quantitative estimate of drug-likeness (QED) is 0.641. The minimum Gasteiger partial charge on any atom is -0.496 e. The molecule has 3 rings (SSSR count). The van der Waals surface area contributed by atoms with Gasteiger partial charge in [-0.25, -0.2) is 0 Å². The topological polar surface area (TPSA) is 61.9 Å².